The van der Waals surface area contributed by atoms with Crippen LogP contribution < -0.4 is 10.1 Å². The number of amides is 1. The lowest BCUT2D eigenvalue weighted by atomic mass is 10.2. The highest BCUT2D eigenvalue weighted by Gasteiger charge is 2.09. The molecule has 0 fully saturated rings. The van der Waals surface area contributed by atoms with E-state index in [0.29, 0.717) is 17.2 Å². The summed E-state index contributed by atoms with van der Waals surface area (Å²) in [5.74, 6) is 0.243. The fourth-order valence-electron chi connectivity index (χ4n) is 1.36. The van der Waals surface area contributed by atoms with E-state index >= 15 is 0 Å². The van der Waals surface area contributed by atoms with Gasteiger partial charge in [-0.1, -0.05) is 30.7 Å². The molecule has 0 spiro atoms. The van der Waals surface area contributed by atoms with Gasteiger partial charge in [-0.25, -0.2) is 0 Å². The van der Waals surface area contributed by atoms with Crippen molar-refractivity contribution in [3.63, 3.8) is 0 Å². The SMILES string of the molecule is CCC(O)CNC(=O)COc1c(C)cccc1Cl. The van der Waals surface area contributed by atoms with Crippen LogP contribution in [0.15, 0.2) is 18.2 Å². The van der Waals surface area contributed by atoms with E-state index in [1.54, 1.807) is 6.07 Å². The third kappa shape index (κ3) is 4.55. The zero-order valence-electron chi connectivity index (χ0n) is 10.6. The first kappa shape index (κ1) is 14.8. The highest BCUT2D eigenvalue weighted by atomic mass is 35.5. The average molecular weight is 272 g/mol. The molecule has 1 atom stereocenters. The van der Waals surface area contributed by atoms with Crippen molar-refractivity contribution in [2.24, 2.45) is 0 Å². The number of aliphatic hydroxyl groups excluding tert-OH is 1. The number of aliphatic hydroxyl groups is 1. The summed E-state index contributed by atoms with van der Waals surface area (Å²) < 4.78 is 5.37. The van der Waals surface area contributed by atoms with Crippen molar-refractivity contribution in [2.45, 2.75) is 26.4 Å². The zero-order chi connectivity index (χ0) is 13.5. The number of ether oxygens (including phenoxy) is 1. The first-order chi connectivity index (χ1) is 8.54. The van der Waals surface area contributed by atoms with Crippen LogP contribution in [0.2, 0.25) is 5.02 Å². The Morgan fingerprint density at radius 1 is 1.56 bits per heavy atom. The maximum atomic E-state index is 11.5. The second-order valence-electron chi connectivity index (χ2n) is 4.04. The lowest BCUT2D eigenvalue weighted by Crippen LogP contribution is -2.35. The van der Waals surface area contributed by atoms with E-state index in [2.05, 4.69) is 5.32 Å². The second kappa shape index (κ2) is 7.24. The van der Waals surface area contributed by atoms with Crippen LogP contribution in [-0.2, 0) is 4.79 Å². The molecule has 0 aliphatic rings. The summed E-state index contributed by atoms with van der Waals surface area (Å²) in [5.41, 5.74) is 0.879. The van der Waals surface area contributed by atoms with Crippen molar-refractivity contribution < 1.29 is 14.6 Å². The number of para-hydroxylation sites is 1. The molecular weight excluding hydrogens is 254 g/mol. The van der Waals surface area contributed by atoms with Crippen LogP contribution in [0, 0.1) is 6.92 Å². The van der Waals surface area contributed by atoms with Crippen LogP contribution in [0.5, 0.6) is 5.75 Å². The molecule has 0 heterocycles. The smallest absolute Gasteiger partial charge is 0.258 e. The third-order valence-corrected chi connectivity index (χ3v) is 2.82. The largest absolute Gasteiger partial charge is 0.482 e. The van der Waals surface area contributed by atoms with Crippen LogP contribution in [-0.4, -0.2) is 30.3 Å². The molecule has 2 N–H and O–H groups in total. The first-order valence-corrected chi connectivity index (χ1v) is 6.25. The average Bonchev–Trinajstić information content (AvgIpc) is 2.35. The van der Waals surface area contributed by atoms with Crippen molar-refractivity contribution in [1.29, 1.82) is 0 Å². The number of aryl methyl sites for hydroxylation is 1. The topological polar surface area (TPSA) is 58.6 Å². The Bertz CT molecular complexity index is 389. The van der Waals surface area contributed by atoms with E-state index in [-0.39, 0.29) is 19.1 Å². The summed E-state index contributed by atoms with van der Waals surface area (Å²) in [4.78, 5) is 11.5. The van der Waals surface area contributed by atoms with E-state index in [0.717, 1.165) is 5.56 Å². The number of hydrogen-bond donors (Lipinski definition) is 2. The van der Waals surface area contributed by atoms with E-state index in [9.17, 15) is 9.90 Å². The molecule has 4 nitrogen and oxygen atoms in total. The van der Waals surface area contributed by atoms with E-state index in [1.165, 1.54) is 0 Å². The molecule has 1 aromatic carbocycles. The number of halogens is 1. The van der Waals surface area contributed by atoms with Gasteiger partial charge >= 0.3 is 0 Å². The molecule has 1 unspecified atom stereocenters. The van der Waals surface area contributed by atoms with Gasteiger partial charge in [-0.05, 0) is 25.0 Å². The van der Waals surface area contributed by atoms with Crippen molar-refractivity contribution in [3.8, 4) is 5.75 Å². The summed E-state index contributed by atoms with van der Waals surface area (Å²) in [6, 6.07) is 5.39. The van der Waals surface area contributed by atoms with Crippen molar-refractivity contribution in [1.82, 2.24) is 5.32 Å². The summed E-state index contributed by atoms with van der Waals surface area (Å²) >= 11 is 5.97. The summed E-state index contributed by atoms with van der Waals surface area (Å²) in [6.07, 6.45) is 0.0843. The Morgan fingerprint density at radius 2 is 2.28 bits per heavy atom. The highest BCUT2D eigenvalue weighted by Crippen LogP contribution is 2.27. The Hall–Kier alpha value is -1.26. The van der Waals surface area contributed by atoms with E-state index in [1.807, 2.05) is 26.0 Å². The number of benzene rings is 1. The predicted octanol–water partition coefficient (Wildman–Crippen LogP) is 1.91. The normalized spacial score (nSPS) is 12.0. The minimum absolute atomic E-state index is 0.110. The molecule has 0 saturated carbocycles. The Morgan fingerprint density at radius 3 is 2.89 bits per heavy atom. The van der Waals surface area contributed by atoms with Gasteiger partial charge in [0, 0.05) is 6.54 Å². The molecular formula is C13H18ClNO3. The van der Waals surface area contributed by atoms with Crippen LogP contribution in [0.25, 0.3) is 0 Å². The summed E-state index contributed by atoms with van der Waals surface area (Å²) in [6.45, 7) is 3.83. The summed E-state index contributed by atoms with van der Waals surface area (Å²) in [7, 11) is 0. The van der Waals surface area contributed by atoms with Gasteiger partial charge < -0.3 is 15.2 Å². The summed E-state index contributed by atoms with van der Waals surface area (Å²) in [5, 5.41) is 12.4. The predicted molar refractivity (Wildman–Crippen MR) is 71.0 cm³/mol. The van der Waals surface area contributed by atoms with Crippen LogP contribution in [0.1, 0.15) is 18.9 Å². The maximum Gasteiger partial charge on any atom is 0.258 e. The Balaban J connectivity index is 2.43. The van der Waals surface area contributed by atoms with Gasteiger partial charge in [-0.15, -0.1) is 0 Å². The highest BCUT2D eigenvalue weighted by molar-refractivity contribution is 6.32. The molecule has 1 amide bonds. The van der Waals surface area contributed by atoms with Crippen molar-refractivity contribution >= 4 is 17.5 Å². The number of carbonyl (C=O) groups is 1. The molecule has 1 aromatic rings. The minimum Gasteiger partial charge on any atom is -0.482 e. The quantitative estimate of drug-likeness (QED) is 0.831. The molecule has 0 aromatic heterocycles. The maximum absolute atomic E-state index is 11.5. The molecule has 0 aliphatic heterocycles. The Labute approximate surface area is 112 Å². The first-order valence-electron chi connectivity index (χ1n) is 5.87. The van der Waals surface area contributed by atoms with Gasteiger partial charge in [0.05, 0.1) is 11.1 Å². The third-order valence-electron chi connectivity index (χ3n) is 2.52. The van der Waals surface area contributed by atoms with Crippen LogP contribution in [0.4, 0.5) is 0 Å². The van der Waals surface area contributed by atoms with Gasteiger partial charge in [0.1, 0.15) is 5.75 Å². The molecule has 5 heteroatoms. The number of hydrogen-bond acceptors (Lipinski definition) is 3. The second-order valence-corrected chi connectivity index (χ2v) is 4.45. The standard InChI is InChI=1S/C13H18ClNO3/c1-3-10(16)7-15-12(17)8-18-13-9(2)5-4-6-11(13)14/h4-6,10,16H,3,7-8H2,1-2H3,(H,15,17). The lowest BCUT2D eigenvalue weighted by Gasteiger charge is -2.12. The zero-order valence-corrected chi connectivity index (χ0v) is 11.3. The van der Waals surface area contributed by atoms with Gasteiger partial charge in [-0.2, -0.15) is 0 Å². The molecule has 18 heavy (non-hydrogen) atoms. The van der Waals surface area contributed by atoms with Gasteiger partial charge in [0.2, 0.25) is 0 Å². The molecule has 0 aliphatic carbocycles. The fourth-order valence-corrected chi connectivity index (χ4v) is 1.64. The van der Waals surface area contributed by atoms with E-state index in [4.69, 9.17) is 16.3 Å². The number of nitrogens with one attached hydrogen (secondary N) is 1. The van der Waals surface area contributed by atoms with Crippen molar-refractivity contribution in [3.05, 3.63) is 28.8 Å². The molecule has 0 saturated heterocycles. The molecule has 100 valence electrons. The van der Waals surface area contributed by atoms with Crippen LogP contribution in [0.3, 0.4) is 0 Å². The molecule has 1 rings (SSSR count). The van der Waals surface area contributed by atoms with E-state index < -0.39 is 6.10 Å². The van der Waals surface area contributed by atoms with Crippen LogP contribution >= 0.6 is 11.6 Å². The molecule has 0 radical (unpaired) electrons. The Kier molecular flexibility index (Phi) is 5.95. The number of carbonyl (C=O) groups excluding carboxylic acids is 1. The van der Waals surface area contributed by atoms with Crippen molar-refractivity contribution in [2.75, 3.05) is 13.2 Å². The lowest BCUT2D eigenvalue weighted by molar-refractivity contribution is -0.123. The van der Waals surface area contributed by atoms with Gasteiger partial charge in [0.25, 0.3) is 5.91 Å². The minimum atomic E-state index is -0.518. The van der Waals surface area contributed by atoms with Gasteiger partial charge in [-0.3, -0.25) is 4.79 Å². The fraction of sp³-hybridized carbons (Fsp3) is 0.462. The molecule has 0 bridgehead atoms. The van der Waals surface area contributed by atoms with Gasteiger partial charge in [0.15, 0.2) is 6.61 Å². The monoisotopic (exact) mass is 271 g/mol. The number of rotatable bonds is 6.